The van der Waals surface area contributed by atoms with Gasteiger partial charge in [0.05, 0.1) is 21.3 Å². The number of benzene rings is 1. The van der Waals surface area contributed by atoms with E-state index < -0.39 is 22.5 Å². The minimum atomic E-state index is -4.45. The molecule has 1 aromatic carbocycles. The molecule has 0 aromatic heterocycles. The molecule has 1 unspecified atom stereocenters. The van der Waals surface area contributed by atoms with E-state index in [1.165, 1.54) is 12.3 Å². The molecular formula is C11H13F3OS. The van der Waals surface area contributed by atoms with Crippen LogP contribution in [0.5, 0.6) is 0 Å². The summed E-state index contributed by atoms with van der Waals surface area (Å²) in [5.41, 5.74) is -0.193. The second-order valence-corrected chi connectivity index (χ2v) is 5.21. The number of alkyl halides is 3. The van der Waals surface area contributed by atoms with Crippen LogP contribution < -0.4 is 0 Å². The number of halogens is 3. The van der Waals surface area contributed by atoms with Gasteiger partial charge in [0.15, 0.2) is 0 Å². The lowest BCUT2D eigenvalue weighted by Gasteiger charge is -2.14. The second kappa shape index (κ2) is 4.57. The molecule has 1 aromatic rings. The second-order valence-electron chi connectivity index (χ2n) is 3.86. The van der Waals surface area contributed by atoms with Gasteiger partial charge in [0.1, 0.15) is 0 Å². The van der Waals surface area contributed by atoms with Crippen molar-refractivity contribution in [3.05, 3.63) is 29.3 Å². The van der Waals surface area contributed by atoms with E-state index in [0.29, 0.717) is 5.56 Å². The summed E-state index contributed by atoms with van der Waals surface area (Å²) in [6, 6.07) is 3.98. The van der Waals surface area contributed by atoms with Gasteiger partial charge in [-0.15, -0.1) is 0 Å². The standard InChI is InChI=1S/C11H13F3OS/c1-7(2)8-4-5-10(16(3)15)9(6-8)11(12,13)14/h4-7H,1-3H3. The quantitative estimate of drug-likeness (QED) is 0.784. The molecule has 0 bridgehead atoms. The molecule has 1 atom stereocenters. The van der Waals surface area contributed by atoms with Gasteiger partial charge >= 0.3 is 6.18 Å². The van der Waals surface area contributed by atoms with Gasteiger partial charge in [-0.1, -0.05) is 19.9 Å². The predicted octanol–water partition coefficient (Wildman–Crippen LogP) is 3.57. The summed E-state index contributed by atoms with van der Waals surface area (Å²) in [6.45, 7) is 3.64. The van der Waals surface area contributed by atoms with Gasteiger partial charge in [0.2, 0.25) is 0 Å². The molecule has 0 saturated carbocycles. The maximum atomic E-state index is 12.7. The molecular weight excluding hydrogens is 237 g/mol. The molecule has 5 heteroatoms. The van der Waals surface area contributed by atoms with Crippen LogP contribution in [-0.2, 0) is 17.0 Å². The van der Waals surface area contributed by atoms with Gasteiger partial charge in [-0.05, 0) is 23.6 Å². The molecule has 0 radical (unpaired) electrons. The van der Waals surface area contributed by atoms with E-state index in [1.807, 2.05) is 13.8 Å². The molecule has 0 fully saturated rings. The first kappa shape index (κ1) is 13.2. The lowest BCUT2D eigenvalue weighted by atomic mass is 10.0. The molecule has 0 N–H and O–H groups in total. The zero-order valence-electron chi connectivity index (χ0n) is 9.26. The summed E-state index contributed by atoms with van der Waals surface area (Å²) < 4.78 is 49.4. The highest BCUT2D eigenvalue weighted by Gasteiger charge is 2.34. The minimum absolute atomic E-state index is 0.0143. The van der Waals surface area contributed by atoms with Gasteiger partial charge in [0.25, 0.3) is 0 Å². The molecule has 0 aliphatic heterocycles. The van der Waals surface area contributed by atoms with Crippen LogP contribution in [0.1, 0.15) is 30.9 Å². The van der Waals surface area contributed by atoms with E-state index in [-0.39, 0.29) is 10.8 Å². The van der Waals surface area contributed by atoms with E-state index in [1.54, 1.807) is 6.07 Å². The van der Waals surface area contributed by atoms with Crippen molar-refractivity contribution >= 4 is 10.8 Å². The molecule has 0 aliphatic carbocycles. The summed E-state index contributed by atoms with van der Waals surface area (Å²) in [7, 11) is -1.63. The largest absolute Gasteiger partial charge is 0.417 e. The average Bonchev–Trinajstić information content (AvgIpc) is 2.15. The monoisotopic (exact) mass is 250 g/mol. The number of hydrogen-bond donors (Lipinski definition) is 0. The van der Waals surface area contributed by atoms with E-state index >= 15 is 0 Å². The van der Waals surface area contributed by atoms with Gasteiger partial charge < -0.3 is 0 Å². The highest BCUT2D eigenvalue weighted by atomic mass is 32.2. The third kappa shape index (κ3) is 2.84. The molecule has 0 spiro atoms. The Morgan fingerprint density at radius 3 is 2.19 bits per heavy atom. The van der Waals surface area contributed by atoms with Crippen molar-refractivity contribution in [2.24, 2.45) is 0 Å². The fourth-order valence-corrected chi connectivity index (χ4v) is 2.12. The van der Waals surface area contributed by atoms with Crippen LogP contribution in [0.3, 0.4) is 0 Å². The highest BCUT2D eigenvalue weighted by molar-refractivity contribution is 7.84. The Morgan fingerprint density at radius 2 is 1.81 bits per heavy atom. The lowest BCUT2D eigenvalue weighted by Crippen LogP contribution is -2.10. The maximum Gasteiger partial charge on any atom is 0.417 e. The minimum Gasteiger partial charge on any atom is -0.255 e. The number of rotatable bonds is 2. The first-order valence-corrected chi connectivity index (χ1v) is 6.34. The van der Waals surface area contributed by atoms with Crippen LogP contribution in [0.2, 0.25) is 0 Å². The van der Waals surface area contributed by atoms with Gasteiger partial charge in [-0.25, -0.2) is 0 Å². The zero-order chi connectivity index (χ0) is 12.5. The Labute approximate surface area is 95.1 Å². The molecule has 16 heavy (non-hydrogen) atoms. The van der Waals surface area contributed by atoms with E-state index in [9.17, 15) is 17.4 Å². The molecule has 0 saturated heterocycles. The Hall–Kier alpha value is -0.840. The molecule has 0 aliphatic rings. The van der Waals surface area contributed by atoms with Crippen molar-refractivity contribution in [1.82, 2.24) is 0 Å². The third-order valence-corrected chi connectivity index (χ3v) is 3.26. The first-order chi connectivity index (χ1) is 7.23. The molecule has 0 amide bonds. The Morgan fingerprint density at radius 1 is 1.25 bits per heavy atom. The van der Waals surface area contributed by atoms with Crippen LogP contribution in [0, 0.1) is 0 Å². The smallest absolute Gasteiger partial charge is 0.255 e. The van der Waals surface area contributed by atoms with Crippen molar-refractivity contribution in [3.8, 4) is 0 Å². The SMILES string of the molecule is CC(C)c1ccc(S(C)=O)c(C(F)(F)F)c1. The van der Waals surface area contributed by atoms with Crippen molar-refractivity contribution < 1.29 is 17.4 Å². The summed E-state index contributed by atoms with van der Waals surface area (Å²) in [5, 5.41) is 0. The zero-order valence-corrected chi connectivity index (χ0v) is 10.1. The van der Waals surface area contributed by atoms with E-state index in [0.717, 1.165) is 6.07 Å². The average molecular weight is 250 g/mol. The summed E-state index contributed by atoms with van der Waals surface area (Å²) in [4.78, 5) is -0.156. The fourth-order valence-electron chi connectivity index (χ4n) is 1.38. The lowest BCUT2D eigenvalue weighted by molar-refractivity contribution is -0.139. The van der Waals surface area contributed by atoms with Crippen LogP contribution >= 0.6 is 0 Å². The van der Waals surface area contributed by atoms with Crippen molar-refractivity contribution in [2.75, 3.05) is 6.26 Å². The van der Waals surface area contributed by atoms with Gasteiger partial charge in [-0.2, -0.15) is 13.2 Å². The normalized spacial score (nSPS) is 14.2. The first-order valence-electron chi connectivity index (χ1n) is 4.78. The topological polar surface area (TPSA) is 17.1 Å². The van der Waals surface area contributed by atoms with Crippen molar-refractivity contribution in [3.63, 3.8) is 0 Å². The predicted molar refractivity (Wildman–Crippen MR) is 57.9 cm³/mol. The summed E-state index contributed by atoms with van der Waals surface area (Å²) in [6.07, 6.45) is -3.20. The number of hydrogen-bond acceptors (Lipinski definition) is 1. The third-order valence-electron chi connectivity index (χ3n) is 2.29. The van der Waals surface area contributed by atoms with Crippen LogP contribution in [0.25, 0.3) is 0 Å². The van der Waals surface area contributed by atoms with Crippen LogP contribution in [0.15, 0.2) is 23.1 Å². The highest BCUT2D eigenvalue weighted by Crippen LogP contribution is 2.35. The molecule has 1 rings (SSSR count). The van der Waals surface area contributed by atoms with Gasteiger partial charge in [0, 0.05) is 6.26 Å². The molecule has 1 nitrogen and oxygen atoms in total. The fraction of sp³-hybridized carbons (Fsp3) is 0.455. The maximum absolute atomic E-state index is 12.7. The van der Waals surface area contributed by atoms with Crippen molar-refractivity contribution in [2.45, 2.75) is 30.8 Å². The molecule has 0 heterocycles. The van der Waals surface area contributed by atoms with E-state index in [2.05, 4.69) is 0 Å². The summed E-state index contributed by atoms with van der Waals surface area (Å²) in [5.74, 6) is 0.0143. The Bertz CT molecular complexity index is 410. The molecule has 90 valence electrons. The van der Waals surface area contributed by atoms with E-state index in [4.69, 9.17) is 0 Å². The van der Waals surface area contributed by atoms with Gasteiger partial charge in [-0.3, -0.25) is 4.21 Å². The Balaban J connectivity index is 3.39. The van der Waals surface area contributed by atoms with Crippen molar-refractivity contribution in [1.29, 1.82) is 0 Å². The van der Waals surface area contributed by atoms with Crippen LogP contribution in [0.4, 0.5) is 13.2 Å². The van der Waals surface area contributed by atoms with Crippen LogP contribution in [-0.4, -0.2) is 10.5 Å². The Kier molecular flexibility index (Phi) is 3.78. The summed E-state index contributed by atoms with van der Waals surface area (Å²) >= 11 is 0.